The molecule has 1 N–H and O–H groups in total. The fourth-order valence-corrected chi connectivity index (χ4v) is 3.04. The van der Waals surface area contributed by atoms with Gasteiger partial charge in [0.1, 0.15) is 5.75 Å². The van der Waals surface area contributed by atoms with Crippen LogP contribution in [0, 0.1) is 0 Å². The molecule has 0 aromatic heterocycles. The lowest BCUT2D eigenvalue weighted by Gasteiger charge is -2.35. The Morgan fingerprint density at radius 3 is 3.07 bits per heavy atom. The van der Waals surface area contributed by atoms with E-state index in [1.165, 1.54) is 4.90 Å². The van der Waals surface area contributed by atoms with Crippen molar-refractivity contribution in [2.75, 3.05) is 31.4 Å². The highest BCUT2D eigenvalue weighted by atomic mass is 32.2. The van der Waals surface area contributed by atoms with Crippen LogP contribution in [0.1, 0.15) is 0 Å². The molecule has 1 atom stereocenters. The van der Waals surface area contributed by atoms with Gasteiger partial charge in [-0.15, -0.1) is 11.8 Å². The van der Waals surface area contributed by atoms with Crippen molar-refractivity contribution in [1.82, 2.24) is 0 Å². The Bertz CT molecular complexity index is 342. The van der Waals surface area contributed by atoms with E-state index in [0.29, 0.717) is 0 Å². The van der Waals surface area contributed by atoms with Crippen molar-refractivity contribution in [2.24, 2.45) is 0 Å². The van der Waals surface area contributed by atoms with Gasteiger partial charge in [-0.05, 0) is 12.1 Å². The van der Waals surface area contributed by atoms with Gasteiger partial charge in [0.25, 0.3) is 0 Å². The van der Waals surface area contributed by atoms with Crippen molar-refractivity contribution in [1.29, 1.82) is 0 Å². The smallest absolute Gasteiger partial charge is 0.143 e. The van der Waals surface area contributed by atoms with E-state index in [1.807, 2.05) is 19.2 Å². The number of anilines is 1. The number of hydrogen-bond acceptors (Lipinski definition) is 4. The van der Waals surface area contributed by atoms with Crippen LogP contribution in [-0.2, 0) is 0 Å². The molecule has 1 heterocycles. The highest BCUT2D eigenvalue weighted by Gasteiger charge is 2.25. The summed E-state index contributed by atoms with van der Waals surface area (Å²) < 4.78 is 5.34. The van der Waals surface area contributed by atoms with E-state index in [2.05, 4.69) is 11.0 Å². The molecule has 1 unspecified atom stereocenters. The number of para-hydroxylation sites is 1. The first kappa shape index (κ1) is 10.6. The lowest BCUT2D eigenvalue weighted by molar-refractivity contribution is 0.270. The van der Waals surface area contributed by atoms with Gasteiger partial charge in [0.05, 0.1) is 25.4 Å². The Morgan fingerprint density at radius 1 is 1.60 bits per heavy atom. The van der Waals surface area contributed by atoms with Gasteiger partial charge in [0.2, 0.25) is 0 Å². The molecule has 0 radical (unpaired) electrons. The summed E-state index contributed by atoms with van der Waals surface area (Å²) in [6, 6.07) is 6.22. The van der Waals surface area contributed by atoms with Gasteiger partial charge in [0, 0.05) is 17.7 Å². The van der Waals surface area contributed by atoms with Gasteiger partial charge in [0.15, 0.2) is 0 Å². The van der Waals surface area contributed by atoms with Crippen molar-refractivity contribution in [3.8, 4) is 5.75 Å². The van der Waals surface area contributed by atoms with Crippen LogP contribution in [0.5, 0.6) is 5.75 Å². The maximum Gasteiger partial charge on any atom is 0.143 e. The van der Waals surface area contributed by atoms with Crippen molar-refractivity contribution in [2.45, 2.75) is 10.9 Å². The first-order valence-electron chi connectivity index (χ1n) is 4.91. The molecule has 3 nitrogen and oxygen atoms in total. The van der Waals surface area contributed by atoms with E-state index in [0.717, 1.165) is 17.2 Å². The average Bonchev–Trinajstić information content (AvgIpc) is 2.29. The number of aliphatic hydroxyl groups is 1. The van der Waals surface area contributed by atoms with Gasteiger partial charge in [-0.25, -0.2) is 0 Å². The number of nitrogens with zero attached hydrogens (tertiary/aromatic N) is 1. The van der Waals surface area contributed by atoms with Gasteiger partial charge >= 0.3 is 0 Å². The molecular weight excluding hydrogens is 210 g/mol. The fourth-order valence-electron chi connectivity index (χ4n) is 1.79. The number of hydrogen-bond donors (Lipinski definition) is 1. The molecule has 0 spiro atoms. The van der Waals surface area contributed by atoms with Crippen LogP contribution in [0.15, 0.2) is 23.1 Å². The number of likely N-dealkylation sites (N-methyl/N-ethyl adjacent to an activating group) is 1. The van der Waals surface area contributed by atoms with Crippen molar-refractivity contribution < 1.29 is 9.84 Å². The summed E-state index contributed by atoms with van der Waals surface area (Å²) in [6.07, 6.45) is 0. The number of fused-ring (bicyclic) bond motifs is 1. The van der Waals surface area contributed by atoms with Crippen LogP contribution in [0.25, 0.3) is 0 Å². The molecule has 0 saturated carbocycles. The number of thioether (sulfide) groups is 1. The summed E-state index contributed by atoms with van der Waals surface area (Å²) in [5.74, 6) is 1.80. The third-order valence-corrected chi connectivity index (χ3v) is 3.92. The first-order chi connectivity index (χ1) is 7.27. The van der Waals surface area contributed by atoms with E-state index in [4.69, 9.17) is 4.74 Å². The van der Waals surface area contributed by atoms with E-state index < -0.39 is 0 Å². The van der Waals surface area contributed by atoms with E-state index >= 15 is 0 Å². The Morgan fingerprint density at radius 2 is 2.40 bits per heavy atom. The number of ether oxygens (including phenoxy) is 1. The maximum atomic E-state index is 9.25. The molecule has 0 fully saturated rings. The molecule has 1 aliphatic rings. The predicted molar refractivity (Wildman–Crippen MR) is 63.0 cm³/mol. The largest absolute Gasteiger partial charge is 0.495 e. The molecule has 82 valence electrons. The predicted octanol–water partition coefficient (Wildman–Crippen LogP) is 1.60. The van der Waals surface area contributed by atoms with Crippen LogP contribution in [0.4, 0.5) is 5.69 Å². The van der Waals surface area contributed by atoms with Crippen LogP contribution < -0.4 is 9.64 Å². The zero-order chi connectivity index (χ0) is 10.8. The van der Waals surface area contributed by atoms with Gasteiger partial charge in [-0.3, -0.25) is 0 Å². The van der Waals surface area contributed by atoms with Crippen molar-refractivity contribution >= 4 is 17.4 Å². The molecule has 4 heteroatoms. The summed E-state index contributed by atoms with van der Waals surface area (Å²) in [5.41, 5.74) is 1.09. The summed E-state index contributed by atoms with van der Waals surface area (Å²) in [7, 11) is 3.68. The molecule has 1 aromatic rings. The third-order valence-electron chi connectivity index (χ3n) is 2.72. The summed E-state index contributed by atoms with van der Waals surface area (Å²) >= 11 is 1.77. The molecule has 1 aliphatic heterocycles. The molecule has 0 bridgehead atoms. The lowest BCUT2D eigenvalue weighted by atomic mass is 10.2. The second-order valence-corrected chi connectivity index (χ2v) is 4.63. The second kappa shape index (κ2) is 4.33. The number of aliphatic hydroxyl groups excluding tert-OH is 1. The Hall–Kier alpha value is -0.870. The zero-order valence-electron chi connectivity index (χ0n) is 8.93. The van der Waals surface area contributed by atoms with Crippen LogP contribution in [0.3, 0.4) is 0 Å². The second-order valence-electron chi connectivity index (χ2n) is 3.57. The fraction of sp³-hybridized carbons (Fsp3) is 0.455. The number of benzene rings is 1. The number of methoxy groups -OCH3 is 1. The standard InChI is InChI=1S/C11H15NO2S/c1-12-8(6-13)7-15-10-5-3-4-9(14-2)11(10)12/h3-5,8,13H,6-7H2,1-2H3. The summed E-state index contributed by atoms with van der Waals surface area (Å²) in [6.45, 7) is 0.182. The lowest BCUT2D eigenvalue weighted by Crippen LogP contribution is -2.39. The minimum atomic E-state index is 0.179. The van der Waals surface area contributed by atoms with E-state index in [1.54, 1.807) is 18.9 Å². The summed E-state index contributed by atoms with van der Waals surface area (Å²) in [4.78, 5) is 3.33. The monoisotopic (exact) mass is 225 g/mol. The van der Waals surface area contributed by atoms with E-state index in [9.17, 15) is 5.11 Å². The van der Waals surface area contributed by atoms with E-state index in [-0.39, 0.29) is 12.6 Å². The Balaban J connectivity index is 2.43. The molecule has 0 aliphatic carbocycles. The normalized spacial score (nSPS) is 19.9. The minimum Gasteiger partial charge on any atom is -0.495 e. The molecule has 0 amide bonds. The zero-order valence-corrected chi connectivity index (χ0v) is 9.75. The molecule has 2 rings (SSSR count). The van der Waals surface area contributed by atoms with Crippen LogP contribution in [-0.4, -0.2) is 37.7 Å². The third kappa shape index (κ3) is 1.79. The van der Waals surface area contributed by atoms with Gasteiger partial charge < -0.3 is 14.7 Å². The Labute approximate surface area is 94.0 Å². The van der Waals surface area contributed by atoms with Crippen molar-refractivity contribution in [3.05, 3.63) is 18.2 Å². The SMILES string of the molecule is COc1cccc2c1N(C)C(CO)CS2. The average molecular weight is 225 g/mol. The Kier molecular flexibility index (Phi) is 3.07. The van der Waals surface area contributed by atoms with Crippen molar-refractivity contribution in [3.63, 3.8) is 0 Å². The molecule has 0 saturated heterocycles. The number of rotatable bonds is 2. The maximum absolute atomic E-state index is 9.25. The highest BCUT2D eigenvalue weighted by molar-refractivity contribution is 7.99. The van der Waals surface area contributed by atoms with Crippen LogP contribution in [0.2, 0.25) is 0 Å². The van der Waals surface area contributed by atoms with Crippen LogP contribution >= 0.6 is 11.8 Å². The van der Waals surface area contributed by atoms with Gasteiger partial charge in [-0.1, -0.05) is 6.07 Å². The topological polar surface area (TPSA) is 32.7 Å². The molecule has 1 aromatic carbocycles. The minimum absolute atomic E-state index is 0.179. The molecular formula is C11H15NO2S. The molecule has 15 heavy (non-hydrogen) atoms. The summed E-state index contributed by atoms with van der Waals surface area (Å²) in [5, 5.41) is 9.25. The highest BCUT2D eigenvalue weighted by Crippen LogP contribution is 2.42. The van der Waals surface area contributed by atoms with Gasteiger partial charge in [-0.2, -0.15) is 0 Å². The first-order valence-corrected chi connectivity index (χ1v) is 5.90. The quantitative estimate of drug-likeness (QED) is 0.828.